The molecule has 1 heterocycles. The minimum atomic E-state index is 0.0509. The number of aromatic nitrogens is 1. The van der Waals surface area contributed by atoms with Crippen molar-refractivity contribution in [3.8, 4) is 17.2 Å². The van der Waals surface area contributed by atoms with Crippen molar-refractivity contribution in [3.63, 3.8) is 0 Å². The number of rotatable bonds is 4. The summed E-state index contributed by atoms with van der Waals surface area (Å²) in [7, 11) is 0. The number of anilines is 1. The molecule has 1 aromatic heterocycles. The summed E-state index contributed by atoms with van der Waals surface area (Å²) in [6, 6.07) is 19.2. The van der Waals surface area contributed by atoms with E-state index in [1.54, 1.807) is 6.07 Å². The lowest BCUT2D eigenvalue weighted by molar-refractivity contribution is 0.306. The maximum Gasteiger partial charge on any atom is 0.227 e. The minimum absolute atomic E-state index is 0.0509. The highest BCUT2D eigenvalue weighted by Crippen LogP contribution is 2.30. The van der Waals surface area contributed by atoms with E-state index in [9.17, 15) is 0 Å². The summed E-state index contributed by atoms with van der Waals surface area (Å²) in [6.07, 6.45) is 0. The molecule has 2 N–H and O–H groups in total. The molecule has 4 aromatic rings. The van der Waals surface area contributed by atoms with Gasteiger partial charge in [-0.3, -0.25) is 0 Å². The van der Waals surface area contributed by atoms with E-state index in [1.807, 2.05) is 42.5 Å². The number of benzene rings is 3. The highest BCUT2D eigenvalue weighted by molar-refractivity contribution is 6.30. The Morgan fingerprint density at radius 1 is 1.03 bits per heavy atom. The molecule has 29 heavy (non-hydrogen) atoms. The van der Waals surface area contributed by atoms with Gasteiger partial charge in [0.15, 0.2) is 5.58 Å². The Labute approximate surface area is 175 Å². The van der Waals surface area contributed by atoms with Gasteiger partial charge in [-0.1, -0.05) is 44.5 Å². The molecule has 0 aliphatic rings. The second-order valence-corrected chi connectivity index (χ2v) is 8.60. The summed E-state index contributed by atoms with van der Waals surface area (Å²) in [5, 5.41) is 0.636. The molecular weight excluding hydrogens is 384 g/mol. The summed E-state index contributed by atoms with van der Waals surface area (Å²) in [5.41, 5.74) is 11.4. The number of ether oxygens (including phenoxy) is 1. The summed E-state index contributed by atoms with van der Waals surface area (Å²) >= 11 is 6.01. The number of hydrogen-bond acceptors (Lipinski definition) is 4. The first-order valence-electron chi connectivity index (χ1n) is 9.47. The van der Waals surface area contributed by atoms with Crippen LogP contribution in [-0.4, -0.2) is 4.98 Å². The van der Waals surface area contributed by atoms with Crippen LogP contribution in [0.15, 0.2) is 65.1 Å². The predicted octanol–water partition coefficient (Wildman–Crippen LogP) is 6.61. The maximum absolute atomic E-state index is 6.12. The Kier molecular flexibility index (Phi) is 4.97. The Morgan fingerprint density at radius 3 is 2.62 bits per heavy atom. The first-order valence-corrected chi connectivity index (χ1v) is 9.85. The van der Waals surface area contributed by atoms with Crippen molar-refractivity contribution in [2.45, 2.75) is 32.8 Å². The molecule has 3 aromatic carbocycles. The third kappa shape index (κ3) is 4.38. The fourth-order valence-corrected chi connectivity index (χ4v) is 3.35. The normalized spacial score (nSPS) is 11.7. The summed E-state index contributed by atoms with van der Waals surface area (Å²) in [5.74, 6) is 1.25. The molecule has 4 rings (SSSR count). The van der Waals surface area contributed by atoms with Gasteiger partial charge in [-0.25, -0.2) is 4.98 Å². The molecule has 0 bridgehead atoms. The fraction of sp³-hybridized carbons (Fsp3) is 0.208. The van der Waals surface area contributed by atoms with Crippen LogP contribution in [-0.2, 0) is 12.0 Å². The van der Waals surface area contributed by atoms with E-state index in [0.29, 0.717) is 29.0 Å². The third-order valence-corrected chi connectivity index (χ3v) is 4.95. The Bertz CT molecular complexity index is 1180. The molecule has 0 aliphatic carbocycles. The van der Waals surface area contributed by atoms with Gasteiger partial charge < -0.3 is 14.9 Å². The zero-order chi connectivity index (χ0) is 20.6. The summed E-state index contributed by atoms with van der Waals surface area (Å²) < 4.78 is 11.8. The molecule has 4 nitrogen and oxygen atoms in total. The van der Waals surface area contributed by atoms with Crippen molar-refractivity contribution in [2.24, 2.45) is 0 Å². The second-order valence-electron chi connectivity index (χ2n) is 8.16. The smallest absolute Gasteiger partial charge is 0.227 e. The largest absolute Gasteiger partial charge is 0.489 e. The number of nitrogens with zero attached hydrogens (tertiary/aromatic N) is 1. The molecule has 148 valence electrons. The van der Waals surface area contributed by atoms with E-state index in [2.05, 4.69) is 37.9 Å². The predicted molar refractivity (Wildman–Crippen MR) is 118 cm³/mol. The Morgan fingerprint density at radius 2 is 1.86 bits per heavy atom. The topological polar surface area (TPSA) is 61.3 Å². The van der Waals surface area contributed by atoms with Crippen molar-refractivity contribution in [3.05, 3.63) is 76.8 Å². The lowest BCUT2D eigenvalue weighted by Crippen LogP contribution is -2.10. The van der Waals surface area contributed by atoms with E-state index in [-0.39, 0.29) is 5.41 Å². The van der Waals surface area contributed by atoms with Gasteiger partial charge in [-0.2, -0.15) is 0 Å². The zero-order valence-corrected chi connectivity index (χ0v) is 17.5. The Hall–Kier alpha value is -2.98. The SMILES string of the molecule is CC(C)(C)c1ccc2oc(-c3cc(N)cc(COc4cccc(Cl)c4)c3)nc2c1. The Balaban J connectivity index is 1.63. The number of fused-ring (bicyclic) bond motifs is 1. The van der Waals surface area contributed by atoms with Crippen LogP contribution in [0.25, 0.3) is 22.6 Å². The molecule has 5 heteroatoms. The van der Waals surface area contributed by atoms with Crippen LogP contribution >= 0.6 is 11.6 Å². The summed E-state index contributed by atoms with van der Waals surface area (Å²) in [4.78, 5) is 4.69. The van der Waals surface area contributed by atoms with Gasteiger partial charge in [0.05, 0.1) is 0 Å². The van der Waals surface area contributed by atoms with Gasteiger partial charge >= 0.3 is 0 Å². The number of halogens is 1. The number of oxazole rings is 1. The van der Waals surface area contributed by atoms with E-state index in [4.69, 9.17) is 26.5 Å². The molecule has 0 saturated carbocycles. The molecule has 0 spiro atoms. The number of nitrogens with two attached hydrogens (primary N) is 1. The highest BCUT2D eigenvalue weighted by Gasteiger charge is 2.16. The van der Waals surface area contributed by atoms with E-state index < -0.39 is 0 Å². The van der Waals surface area contributed by atoms with Crippen molar-refractivity contribution < 1.29 is 9.15 Å². The van der Waals surface area contributed by atoms with Crippen LogP contribution in [0.3, 0.4) is 0 Å². The average molecular weight is 407 g/mol. The monoisotopic (exact) mass is 406 g/mol. The minimum Gasteiger partial charge on any atom is -0.489 e. The van der Waals surface area contributed by atoms with Crippen LogP contribution in [0, 0.1) is 0 Å². The summed E-state index contributed by atoms with van der Waals surface area (Å²) in [6.45, 7) is 6.91. The second kappa shape index (κ2) is 7.45. The standard InChI is InChI=1S/C24H23ClN2O2/c1-24(2,3)17-7-8-22-21(12-17)27-23(29-22)16-9-15(10-19(26)11-16)14-28-20-6-4-5-18(25)13-20/h4-13H,14,26H2,1-3H3. The third-order valence-electron chi connectivity index (χ3n) is 4.72. The molecule has 0 unspecified atom stereocenters. The van der Waals surface area contributed by atoms with Crippen LogP contribution < -0.4 is 10.5 Å². The van der Waals surface area contributed by atoms with Crippen molar-refractivity contribution in [1.82, 2.24) is 4.98 Å². The maximum atomic E-state index is 6.12. The lowest BCUT2D eigenvalue weighted by atomic mass is 9.87. The first-order chi connectivity index (χ1) is 13.8. The lowest BCUT2D eigenvalue weighted by Gasteiger charge is -2.18. The molecule has 0 aliphatic heterocycles. The molecule has 0 radical (unpaired) electrons. The van der Waals surface area contributed by atoms with Crippen LogP contribution in [0.1, 0.15) is 31.9 Å². The molecular formula is C24H23ClN2O2. The van der Waals surface area contributed by atoms with Gasteiger partial charge in [0.25, 0.3) is 0 Å². The highest BCUT2D eigenvalue weighted by atomic mass is 35.5. The van der Waals surface area contributed by atoms with Crippen LogP contribution in [0.2, 0.25) is 5.02 Å². The number of nitrogen functional groups attached to an aromatic ring is 1. The van der Waals surface area contributed by atoms with Crippen molar-refractivity contribution >= 4 is 28.4 Å². The van der Waals surface area contributed by atoms with Crippen LogP contribution in [0.4, 0.5) is 5.69 Å². The van der Waals surface area contributed by atoms with E-state index >= 15 is 0 Å². The van der Waals surface area contributed by atoms with Crippen molar-refractivity contribution in [1.29, 1.82) is 0 Å². The van der Waals surface area contributed by atoms with E-state index in [1.165, 1.54) is 5.56 Å². The quantitative estimate of drug-likeness (QED) is 0.387. The van der Waals surface area contributed by atoms with Gasteiger partial charge in [-0.05, 0) is 65.1 Å². The molecule has 0 fully saturated rings. The molecule has 0 amide bonds. The fourth-order valence-electron chi connectivity index (χ4n) is 3.17. The average Bonchev–Trinajstić information content (AvgIpc) is 3.09. The molecule has 0 atom stereocenters. The van der Waals surface area contributed by atoms with Gasteiger partial charge in [-0.15, -0.1) is 0 Å². The zero-order valence-electron chi connectivity index (χ0n) is 16.7. The van der Waals surface area contributed by atoms with E-state index in [0.717, 1.165) is 22.2 Å². The van der Waals surface area contributed by atoms with Crippen LogP contribution in [0.5, 0.6) is 5.75 Å². The van der Waals surface area contributed by atoms with Gasteiger partial charge in [0.1, 0.15) is 17.9 Å². The van der Waals surface area contributed by atoms with Gasteiger partial charge in [0, 0.05) is 16.3 Å². The van der Waals surface area contributed by atoms with Gasteiger partial charge in [0.2, 0.25) is 5.89 Å². The van der Waals surface area contributed by atoms with Crippen molar-refractivity contribution in [2.75, 3.05) is 5.73 Å². The first kappa shape index (κ1) is 19.3. The number of hydrogen-bond donors (Lipinski definition) is 1. The molecule has 0 saturated heterocycles.